The number of aromatic nitrogens is 2. The molecular formula is C14H12FN3O. The predicted octanol–water partition coefficient (Wildman–Crippen LogP) is 2.03. The molecule has 19 heavy (non-hydrogen) atoms. The predicted molar refractivity (Wildman–Crippen MR) is 66.8 cm³/mol. The Morgan fingerprint density at radius 2 is 1.95 bits per heavy atom. The lowest BCUT2D eigenvalue weighted by Crippen LogP contribution is -2.35. The molecule has 3 rings (SSSR count). The van der Waals surface area contributed by atoms with Gasteiger partial charge in [0.05, 0.1) is 11.7 Å². The molecule has 1 N–H and O–H groups in total. The molecule has 1 saturated carbocycles. The molecule has 1 aromatic heterocycles. The Bertz CT molecular complexity index is 594. The minimum Gasteiger partial charge on any atom is -0.341 e. The molecule has 0 saturated heterocycles. The van der Waals surface area contributed by atoms with Gasteiger partial charge in [-0.05, 0) is 30.5 Å². The first-order chi connectivity index (χ1) is 9.20. The van der Waals surface area contributed by atoms with Gasteiger partial charge in [-0.25, -0.2) is 9.37 Å². The smallest absolute Gasteiger partial charge is 0.272 e. The lowest BCUT2D eigenvalue weighted by molar-refractivity contribution is 0.0925. The Labute approximate surface area is 109 Å². The van der Waals surface area contributed by atoms with Crippen molar-refractivity contribution in [3.63, 3.8) is 0 Å². The van der Waals surface area contributed by atoms with Crippen LogP contribution in [0.2, 0.25) is 0 Å². The van der Waals surface area contributed by atoms with E-state index in [4.69, 9.17) is 0 Å². The van der Waals surface area contributed by atoms with E-state index >= 15 is 0 Å². The molecular weight excluding hydrogens is 245 g/mol. The molecule has 0 radical (unpaired) electrons. The number of nitrogens with zero attached hydrogens (tertiary/aromatic N) is 2. The molecule has 5 heteroatoms. The SMILES string of the molecule is O=C(NC1(c2ccc(F)cc2)CC1)c1cnccn1. The molecule has 1 fully saturated rings. The number of nitrogens with one attached hydrogen (secondary N) is 1. The number of rotatable bonds is 3. The van der Waals surface area contributed by atoms with E-state index in [1.165, 1.54) is 30.7 Å². The summed E-state index contributed by atoms with van der Waals surface area (Å²) in [7, 11) is 0. The minimum atomic E-state index is -0.373. The van der Waals surface area contributed by atoms with Crippen LogP contribution in [0.5, 0.6) is 0 Å². The number of halogens is 1. The maximum atomic E-state index is 12.9. The third kappa shape index (κ3) is 2.31. The summed E-state index contributed by atoms with van der Waals surface area (Å²) in [5, 5.41) is 2.96. The topological polar surface area (TPSA) is 54.9 Å². The van der Waals surface area contributed by atoms with Gasteiger partial charge in [0.2, 0.25) is 0 Å². The van der Waals surface area contributed by atoms with E-state index in [1.807, 2.05) is 0 Å². The molecule has 2 aromatic rings. The van der Waals surface area contributed by atoms with Gasteiger partial charge in [0.1, 0.15) is 11.5 Å². The van der Waals surface area contributed by atoms with Gasteiger partial charge in [0, 0.05) is 12.4 Å². The summed E-state index contributed by atoms with van der Waals surface area (Å²) in [5.74, 6) is -0.533. The zero-order valence-corrected chi connectivity index (χ0v) is 10.1. The fourth-order valence-electron chi connectivity index (χ4n) is 2.08. The average molecular weight is 257 g/mol. The standard InChI is InChI=1S/C14H12FN3O/c15-11-3-1-10(2-4-11)14(5-6-14)18-13(19)12-9-16-7-8-17-12/h1-4,7-9H,5-6H2,(H,18,19). The maximum Gasteiger partial charge on any atom is 0.272 e. The summed E-state index contributed by atoms with van der Waals surface area (Å²) < 4.78 is 12.9. The van der Waals surface area contributed by atoms with Gasteiger partial charge in [0.25, 0.3) is 5.91 Å². The van der Waals surface area contributed by atoms with Crippen molar-refractivity contribution in [2.75, 3.05) is 0 Å². The lowest BCUT2D eigenvalue weighted by Gasteiger charge is -2.17. The Hall–Kier alpha value is -2.30. The number of hydrogen-bond acceptors (Lipinski definition) is 3. The van der Waals surface area contributed by atoms with Crippen molar-refractivity contribution in [2.45, 2.75) is 18.4 Å². The monoisotopic (exact) mass is 257 g/mol. The first-order valence-corrected chi connectivity index (χ1v) is 6.04. The average Bonchev–Trinajstić information content (AvgIpc) is 3.21. The van der Waals surface area contributed by atoms with Crippen LogP contribution in [0.1, 0.15) is 28.9 Å². The van der Waals surface area contributed by atoms with Crippen LogP contribution in [0.25, 0.3) is 0 Å². The van der Waals surface area contributed by atoms with Gasteiger partial charge in [-0.2, -0.15) is 0 Å². The first-order valence-electron chi connectivity index (χ1n) is 6.04. The van der Waals surface area contributed by atoms with E-state index in [-0.39, 0.29) is 23.0 Å². The fourth-order valence-corrected chi connectivity index (χ4v) is 2.08. The molecule has 1 heterocycles. The van der Waals surface area contributed by atoms with Crippen molar-refractivity contribution in [3.8, 4) is 0 Å². The quantitative estimate of drug-likeness (QED) is 0.915. The summed E-state index contributed by atoms with van der Waals surface area (Å²) in [4.78, 5) is 19.9. The lowest BCUT2D eigenvalue weighted by atomic mass is 10.0. The van der Waals surface area contributed by atoms with E-state index in [1.54, 1.807) is 12.1 Å². The highest BCUT2D eigenvalue weighted by molar-refractivity contribution is 5.92. The number of carbonyl (C=O) groups is 1. The van der Waals surface area contributed by atoms with Crippen molar-refractivity contribution in [2.24, 2.45) is 0 Å². The van der Waals surface area contributed by atoms with Crippen molar-refractivity contribution < 1.29 is 9.18 Å². The van der Waals surface area contributed by atoms with Crippen LogP contribution in [0, 0.1) is 5.82 Å². The second kappa shape index (κ2) is 4.42. The number of amides is 1. The van der Waals surface area contributed by atoms with Gasteiger partial charge >= 0.3 is 0 Å². The number of carbonyl (C=O) groups excluding carboxylic acids is 1. The fraction of sp³-hybridized carbons (Fsp3) is 0.214. The Morgan fingerprint density at radius 1 is 1.21 bits per heavy atom. The molecule has 0 unspecified atom stereocenters. The van der Waals surface area contributed by atoms with Gasteiger partial charge in [0.15, 0.2) is 0 Å². The van der Waals surface area contributed by atoms with E-state index in [2.05, 4.69) is 15.3 Å². The largest absolute Gasteiger partial charge is 0.341 e. The Kier molecular flexibility index (Phi) is 2.74. The number of benzene rings is 1. The summed E-state index contributed by atoms with van der Waals surface area (Å²) >= 11 is 0. The molecule has 1 aromatic carbocycles. The minimum absolute atomic E-state index is 0.255. The summed E-state index contributed by atoms with van der Waals surface area (Å²) in [6.07, 6.45) is 6.13. The Balaban J connectivity index is 1.79. The van der Waals surface area contributed by atoms with Gasteiger partial charge in [-0.3, -0.25) is 9.78 Å². The molecule has 96 valence electrons. The van der Waals surface area contributed by atoms with E-state index < -0.39 is 0 Å². The summed E-state index contributed by atoms with van der Waals surface area (Å²) in [6.45, 7) is 0. The maximum absolute atomic E-state index is 12.9. The molecule has 0 aliphatic heterocycles. The molecule has 0 bridgehead atoms. The highest BCUT2D eigenvalue weighted by atomic mass is 19.1. The van der Waals surface area contributed by atoms with Crippen LogP contribution in [-0.2, 0) is 5.54 Å². The number of hydrogen-bond donors (Lipinski definition) is 1. The van der Waals surface area contributed by atoms with Gasteiger partial charge < -0.3 is 5.32 Å². The molecule has 1 aliphatic carbocycles. The highest BCUT2D eigenvalue weighted by Crippen LogP contribution is 2.45. The van der Waals surface area contributed by atoms with E-state index in [0.29, 0.717) is 0 Å². The van der Waals surface area contributed by atoms with E-state index in [9.17, 15) is 9.18 Å². The molecule has 1 amide bonds. The first kappa shape index (κ1) is 11.8. The van der Waals surface area contributed by atoms with Crippen LogP contribution >= 0.6 is 0 Å². The third-order valence-corrected chi connectivity index (χ3v) is 3.30. The summed E-state index contributed by atoms with van der Waals surface area (Å²) in [6, 6.07) is 6.23. The van der Waals surface area contributed by atoms with Gasteiger partial charge in [-0.1, -0.05) is 12.1 Å². The zero-order valence-electron chi connectivity index (χ0n) is 10.1. The van der Waals surface area contributed by atoms with Crippen molar-refractivity contribution in [1.29, 1.82) is 0 Å². The van der Waals surface area contributed by atoms with Crippen molar-refractivity contribution >= 4 is 5.91 Å². The second-order valence-corrected chi connectivity index (χ2v) is 4.63. The normalized spacial score (nSPS) is 15.8. The van der Waals surface area contributed by atoms with Crippen LogP contribution < -0.4 is 5.32 Å². The molecule has 1 aliphatic rings. The highest BCUT2D eigenvalue weighted by Gasteiger charge is 2.45. The second-order valence-electron chi connectivity index (χ2n) is 4.63. The molecule has 4 nitrogen and oxygen atoms in total. The molecule has 0 spiro atoms. The van der Waals surface area contributed by atoms with Crippen molar-refractivity contribution in [3.05, 3.63) is 59.9 Å². The van der Waals surface area contributed by atoms with Crippen LogP contribution in [0.15, 0.2) is 42.9 Å². The molecule has 0 atom stereocenters. The van der Waals surface area contributed by atoms with Crippen LogP contribution in [-0.4, -0.2) is 15.9 Å². The third-order valence-electron chi connectivity index (χ3n) is 3.30. The van der Waals surface area contributed by atoms with Gasteiger partial charge in [-0.15, -0.1) is 0 Å². The van der Waals surface area contributed by atoms with Crippen molar-refractivity contribution in [1.82, 2.24) is 15.3 Å². The van der Waals surface area contributed by atoms with Crippen LogP contribution in [0.4, 0.5) is 4.39 Å². The Morgan fingerprint density at radius 3 is 2.53 bits per heavy atom. The summed E-state index contributed by atoms with van der Waals surface area (Å²) in [5.41, 5.74) is 0.837. The van der Waals surface area contributed by atoms with E-state index in [0.717, 1.165) is 18.4 Å². The zero-order chi connectivity index (χ0) is 13.3. The van der Waals surface area contributed by atoms with Crippen LogP contribution in [0.3, 0.4) is 0 Å².